The van der Waals surface area contributed by atoms with Crippen LogP contribution < -0.4 is 10.7 Å². The Kier molecular flexibility index (Phi) is 5.48. The van der Waals surface area contributed by atoms with Gasteiger partial charge >= 0.3 is 0 Å². The zero-order valence-corrected chi connectivity index (χ0v) is 16.7. The van der Waals surface area contributed by atoms with Crippen LogP contribution in [0.4, 0.5) is 8.78 Å². The van der Waals surface area contributed by atoms with E-state index in [2.05, 4.69) is 5.32 Å². The summed E-state index contributed by atoms with van der Waals surface area (Å²) in [6.45, 7) is 2.28. The topological polar surface area (TPSA) is 101 Å². The van der Waals surface area contributed by atoms with Crippen molar-refractivity contribution in [3.8, 4) is 5.75 Å². The van der Waals surface area contributed by atoms with Crippen LogP contribution in [0.5, 0.6) is 5.75 Å². The SMILES string of the molecule is CCC1CCO[C@H]2Cn3cc(C(=O)NCc4ccc(F)cc4F)c(=O)c(O)c3C(=O)N12. The zero-order chi connectivity index (χ0) is 22.3. The van der Waals surface area contributed by atoms with E-state index in [1.807, 2.05) is 6.92 Å². The molecule has 3 heterocycles. The van der Waals surface area contributed by atoms with E-state index in [0.29, 0.717) is 25.5 Å². The summed E-state index contributed by atoms with van der Waals surface area (Å²) in [5.74, 6) is -3.79. The number of nitrogens with one attached hydrogen (secondary N) is 1. The highest BCUT2D eigenvalue weighted by Gasteiger charge is 2.41. The first-order chi connectivity index (χ1) is 14.8. The third-order valence-electron chi connectivity index (χ3n) is 5.68. The number of ether oxygens (including phenoxy) is 1. The Labute approximate surface area is 176 Å². The molecule has 0 spiro atoms. The second-order valence-corrected chi connectivity index (χ2v) is 7.53. The van der Waals surface area contributed by atoms with Crippen molar-refractivity contribution in [2.75, 3.05) is 6.61 Å². The number of nitrogens with zero attached hydrogens (tertiary/aromatic N) is 2. The van der Waals surface area contributed by atoms with Gasteiger partial charge in [-0.15, -0.1) is 0 Å². The normalized spacial score (nSPS) is 20.2. The molecule has 0 radical (unpaired) electrons. The van der Waals surface area contributed by atoms with Crippen molar-refractivity contribution in [3.05, 3.63) is 63.1 Å². The molecule has 1 fully saturated rings. The predicted molar refractivity (Wildman–Crippen MR) is 105 cm³/mol. The van der Waals surface area contributed by atoms with Gasteiger partial charge in [0.05, 0.1) is 13.2 Å². The molecule has 8 nitrogen and oxygen atoms in total. The van der Waals surface area contributed by atoms with Crippen molar-refractivity contribution >= 4 is 11.8 Å². The Morgan fingerprint density at radius 2 is 2.10 bits per heavy atom. The van der Waals surface area contributed by atoms with Crippen LogP contribution in [0.2, 0.25) is 0 Å². The summed E-state index contributed by atoms with van der Waals surface area (Å²) in [6.07, 6.45) is 1.99. The molecule has 10 heteroatoms. The molecular weight excluding hydrogens is 412 g/mol. The summed E-state index contributed by atoms with van der Waals surface area (Å²) < 4.78 is 33.8. The first-order valence-corrected chi connectivity index (χ1v) is 9.94. The highest BCUT2D eigenvalue weighted by atomic mass is 19.1. The number of rotatable bonds is 4. The predicted octanol–water partition coefficient (Wildman–Crippen LogP) is 1.74. The summed E-state index contributed by atoms with van der Waals surface area (Å²) in [5.41, 5.74) is -1.55. The number of aromatic nitrogens is 1. The maximum absolute atomic E-state index is 13.8. The number of hydrogen-bond acceptors (Lipinski definition) is 5. The number of carbonyl (C=O) groups excluding carboxylic acids is 2. The maximum Gasteiger partial charge on any atom is 0.276 e. The van der Waals surface area contributed by atoms with Crippen LogP contribution in [0.15, 0.2) is 29.2 Å². The number of amides is 2. The van der Waals surface area contributed by atoms with E-state index in [1.54, 1.807) is 0 Å². The fourth-order valence-corrected chi connectivity index (χ4v) is 4.04. The fraction of sp³-hybridized carbons (Fsp3) is 0.381. The lowest BCUT2D eigenvalue weighted by atomic mass is 10.0. The number of pyridine rings is 1. The summed E-state index contributed by atoms with van der Waals surface area (Å²) in [4.78, 5) is 39.7. The number of carbonyl (C=O) groups is 2. The van der Waals surface area contributed by atoms with Gasteiger partial charge in [-0.25, -0.2) is 8.78 Å². The second kappa shape index (κ2) is 8.10. The molecule has 4 rings (SSSR count). The highest BCUT2D eigenvalue weighted by molar-refractivity contribution is 5.99. The van der Waals surface area contributed by atoms with Gasteiger partial charge in [0.1, 0.15) is 17.2 Å². The highest BCUT2D eigenvalue weighted by Crippen LogP contribution is 2.30. The van der Waals surface area contributed by atoms with E-state index in [9.17, 15) is 28.3 Å². The van der Waals surface area contributed by atoms with Gasteiger partial charge in [0.15, 0.2) is 17.7 Å². The van der Waals surface area contributed by atoms with Crippen molar-refractivity contribution in [3.63, 3.8) is 0 Å². The number of fused-ring (bicyclic) bond motifs is 2. The van der Waals surface area contributed by atoms with E-state index in [1.165, 1.54) is 21.7 Å². The van der Waals surface area contributed by atoms with Crippen LogP contribution in [-0.2, 0) is 17.8 Å². The van der Waals surface area contributed by atoms with Crippen LogP contribution in [0.25, 0.3) is 0 Å². The molecule has 1 saturated heterocycles. The van der Waals surface area contributed by atoms with E-state index in [0.717, 1.165) is 6.07 Å². The van der Waals surface area contributed by atoms with Crippen molar-refractivity contribution in [2.45, 2.75) is 45.1 Å². The van der Waals surface area contributed by atoms with Gasteiger partial charge in [0.2, 0.25) is 5.43 Å². The summed E-state index contributed by atoms with van der Waals surface area (Å²) >= 11 is 0. The minimum absolute atomic E-state index is 0.0315. The molecule has 1 aromatic carbocycles. The third kappa shape index (κ3) is 3.67. The molecule has 0 bridgehead atoms. The molecule has 2 aliphatic rings. The molecule has 2 amide bonds. The second-order valence-electron chi connectivity index (χ2n) is 7.53. The smallest absolute Gasteiger partial charge is 0.276 e. The van der Waals surface area contributed by atoms with Gasteiger partial charge in [-0.1, -0.05) is 13.0 Å². The van der Waals surface area contributed by atoms with Crippen molar-refractivity contribution < 1.29 is 28.2 Å². The van der Waals surface area contributed by atoms with Gasteiger partial charge in [0.25, 0.3) is 11.8 Å². The van der Waals surface area contributed by atoms with E-state index >= 15 is 0 Å². The summed E-state index contributed by atoms with van der Waals surface area (Å²) in [7, 11) is 0. The van der Waals surface area contributed by atoms with Gasteiger partial charge in [-0.3, -0.25) is 14.4 Å². The Balaban J connectivity index is 1.63. The zero-order valence-electron chi connectivity index (χ0n) is 16.7. The van der Waals surface area contributed by atoms with Crippen molar-refractivity contribution in [2.24, 2.45) is 0 Å². The minimum Gasteiger partial charge on any atom is -0.503 e. The Morgan fingerprint density at radius 1 is 1.32 bits per heavy atom. The van der Waals surface area contributed by atoms with E-state index in [4.69, 9.17) is 4.74 Å². The molecule has 2 N–H and O–H groups in total. The molecule has 0 aliphatic carbocycles. The van der Waals surface area contributed by atoms with Crippen molar-refractivity contribution in [1.82, 2.24) is 14.8 Å². The van der Waals surface area contributed by atoms with Crippen LogP contribution >= 0.6 is 0 Å². The molecule has 1 unspecified atom stereocenters. The van der Waals surface area contributed by atoms with Gasteiger partial charge in [0, 0.05) is 30.4 Å². The first-order valence-electron chi connectivity index (χ1n) is 9.94. The lowest BCUT2D eigenvalue weighted by Gasteiger charge is -2.45. The Bertz CT molecular complexity index is 1120. The molecular formula is C21H21F2N3O5. The summed E-state index contributed by atoms with van der Waals surface area (Å²) in [6, 6.07) is 2.85. The molecule has 31 heavy (non-hydrogen) atoms. The van der Waals surface area contributed by atoms with Gasteiger partial charge in [-0.2, -0.15) is 0 Å². The quantitative estimate of drug-likeness (QED) is 0.765. The number of aromatic hydroxyl groups is 1. The largest absolute Gasteiger partial charge is 0.503 e. The Morgan fingerprint density at radius 3 is 2.81 bits per heavy atom. The molecule has 2 aliphatic heterocycles. The number of hydrogen-bond donors (Lipinski definition) is 2. The third-order valence-corrected chi connectivity index (χ3v) is 5.68. The lowest BCUT2D eigenvalue weighted by Crippen LogP contribution is -2.57. The Hall–Kier alpha value is -3.27. The van der Waals surface area contributed by atoms with E-state index in [-0.39, 0.29) is 30.4 Å². The number of halogens is 2. The van der Waals surface area contributed by atoms with Crippen LogP contribution in [0.3, 0.4) is 0 Å². The standard InChI is InChI=1S/C21H21F2N3O5/c1-2-13-5-6-31-16-10-25-9-14(18(27)19(28)17(25)21(30)26(13)16)20(29)24-8-11-3-4-12(22)7-15(11)23/h3-4,7,9,13,16,28H,2,5-6,8,10H2,1H3,(H,24,29)/t13?,16-/m0/s1. The summed E-state index contributed by atoms with van der Waals surface area (Å²) in [5, 5.41) is 12.8. The molecule has 2 atom stereocenters. The van der Waals surface area contributed by atoms with E-state index < -0.39 is 46.4 Å². The molecule has 2 aromatic rings. The fourth-order valence-electron chi connectivity index (χ4n) is 4.04. The van der Waals surface area contributed by atoms with Gasteiger partial charge in [-0.05, 0) is 18.9 Å². The minimum atomic E-state index is -0.999. The van der Waals surface area contributed by atoms with Crippen LogP contribution in [0, 0.1) is 11.6 Å². The number of benzene rings is 1. The average molecular weight is 433 g/mol. The first kappa shape index (κ1) is 21.0. The van der Waals surface area contributed by atoms with Crippen LogP contribution in [0.1, 0.15) is 46.2 Å². The van der Waals surface area contributed by atoms with Gasteiger partial charge < -0.3 is 24.6 Å². The lowest BCUT2D eigenvalue weighted by molar-refractivity contribution is -0.116. The molecule has 0 saturated carbocycles. The average Bonchev–Trinajstić information content (AvgIpc) is 2.74. The van der Waals surface area contributed by atoms with Crippen LogP contribution in [-0.4, -0.2) is 45.3 Å². The maximum atomic E-state index is 13.8. The molecule has 164 valence electrons. The molecule has 1 aromatic heterocycles. The monoisotopic (exact) mass is 433 g/mol. The van der Waals surface area contributed by atoms with Crippen molar-refractivity contribution in [1.29, 1.82) is 0 Å².